The van der Waals surface area contributed by atoms with E-state index in [1.165, 1.54) is 25.7 Å². The molecule has 0 radical (unpaired) electrons. The van der Waals surface area contributed by atoms with Crippen LogP contribution in [0.15, 0.2) is 16.7 Å². The SMILES string of the molecule is CCCCCCNc1ncc(Br)cc1Cl. The second kappa shape index (κ2) is 7.07. The Bertz CT molecular complexity index is 305. The van der Waals surface area contributed by atoms with Gasteiger partial charge in [0.25, 0.3) is 0 Å². The summed E-state index contributed by atoms with van der Waals surface area (Å²) in [6.45, 7) is 3.15. The van der Waals surface area contributed by atoms with Crippen LogP contribution in [0.4, 0.5) is 5.82 Å². The van der Waals surface area contributed by atoms with Crippen molar-refractivity contribution >= 4 is 33.3 Å². The molecule has 0 saturated carbocycles. The topological polar surface area (TPSA) is 24.9 Å². The molecule has 0 spiro atoms. The van der Waals surface area contributed by atoms with Gasteiger partial charge in [0.1, 0.15) is 5.82 Å². The average Bonchev–Trinajstić information content (AvgIpc) is 2.20. The van der Waals surface area contributed by atoms with Crippen LogP contribution in [0, 0.1) is 0 Å². The van der Waals surface area contributed by atoms with Gasteiger partial charge in [-0.2, -0.15) is 0 Å². The van der Waals surface area contributed by atoms with Crippen molar-refractivity contribution in [2.24, 2.45) is 0 Å². The Labute approximate surface area is 105 Å². The minimum atomic E-state index is 0.667. The molecule has 0 unspecified atom stereocenters. The van der Waals surface area contributed by atoms with Crippen molar-refractivity contribution in [1.29, 1.82) is 0 Å². The summed E-state index contributed by atoms with van der Waals surface area (Å²) in [5.41, 5.74) is 0. The highest BCUT2D eigenvalue weighted by molar-refractivity contribution is 9.10. The van der Waals surface area contributed by atoms with Gasteiger partial charge in [-0.1, -0.05) is 37.8 Å². The zero-order valence-corrected chi connectivity index (χ0v) is 11.2. The van der Waals surface area contributed by atoms with Crippen molar-refractivity contribution in [3.8, 4) is 0 Å². The van der Waals surface area contributed by atoms with Gasteiger partial charge in [0, 0.05) is 17.2 Å². The van der Waals surface area contributed by atoms with E-state index in [4.69, 9.17) is 11.6 Å². The molecule has 84 valence electrons. The maximum atomic E-state index is 6.01. The number of nitrogens with zero attached hydrogens (tertiary/aromatic N) is 1. The molecule has 0 saturated heterocycles. The molecule has 4 heteroatoms. The van der Waals surface area contributed by atoms with Gasteiger partial charge in [-0.25, -0.2) is 4.98 Å². The summed E-state index contributed by atoms with van der Waals surface area (Å²) in [6, 6.07) is 1.85. The molecule has 1 aromatic heterocycles. The number of aromatic nitrogens is 1. The largest absolute Gasteiger partial charge is 0.369 e. The van der Waals surface area contributed by atoms with E-state index in [2.05, 4.69) is 33.2 Å². The molecule has 1 N–H and O–H groups in total. The summed E-state index contributed by atoms with van der Waals surface area (Å²) in [5, 5.41) is 3.90. The Morgan fingerprint density at radius 2 is 2.20 bits per heavy atom. The first kappa shape index (κ1) is 12.8. The predicted octanol–water partition coefficient (Wildman–Crippen LogP) is 4.49. The number of rotatable bonds is 6. The van der Waals surface area contributed by atoms with Crippen molar-refractivity contribution in [3.05, 3.63) is 21.8 Å². The maximum absolute atomic E-state index is 6.01. The molecule has 2 nitrogen and oxygen atoms in total. The first-order chi connectivity index (χ1) is 7.24. The van der Waals surface area contributed by atoms with Crippen molar-refractivity contribution < 1.29 is 0 Å². The summed E-state index contributed by atoms with van der Waals surface area (Å²) in [4.78, 5) is 4.21. The second-order valence-electron chi connectivity index (χ2n) is 3.47. The number of unbranched alkanes of at least 4 members (excludes halogenated alkanes) is 3. The van der Waals surface area contributed by atoms with E-state index in [1.54, 1.807) is 6.20 Å². The Balaban J connectivity index is 2.31. The Morgan fingerprint density at radius 1 is 1.40 bits per heavy atom. The summed E-state index contributed by atoms with van der Waals surface area (Å²) in [6.07, 6.45) is 6.74. The van der Waals surface area contributed by atoms with Crippen LogP contribution in [-0.2, 0) is 0 Å². The molecule has 15 heavy (non-hydrogen) atoms. The molecule has 0 bridgehead atoms. The first-order valence-corrected chi connectivity index (χ1v) is 6.46. The van der Waals surface area contributed by atoms with Crippen LogP contribution < -0.4 is 5.32 Å². The number of pyridine rings is 1. The molecule has 1 aromatic rings. The van der Waals surface area contributed by atoms with Gasteiger partial charge in [-0.3, -0.25) is 0 Å². The summed E-state index contributed by atoms with van der Waals surface area (Å²) < 4.78 is 0.907. The lowest BCUT2D eigenvalue weighted by molar-refractivity contribution is 0.684. The van der Waals surface area contributed by atoms with Gasteiger partial charge >= 0.3 is 0 Å². The zero-order chi connectivity index (χ0) is 11.1. The lowest BCUT2D eigenvalue weighted by Crippen LogP contribution is -2.03. The molecule has 0 fully saturated rings. The van der Waals surface area contributed by atoms with Crippen LogP contribution in [-0.4, -0.2) is 11.5 Å². The molecule has 0 aliphatic rings. The lowest BCUT2D eigenvalue weighted by atomic mass is 10.2. The molecule has 0 aliphatic carbocycles. The number of nitrogens with one attached hydrogen (secondary N) is 1. The van der Waals surface area contributed by atoms with E-state index in [0.29, 0.717) is 5.02 Å². The van der Waals surface area contributed by atoms with Crippen molar-refractivity contribution in [1.82, 2.24) is 4.98 Å². The average molecular weight is 292 g/mol. The van der Waals surface area contributed by atoms with E-state index < -0.39 is 0 Å². The summed E-state index contributed by atoms with van der Waals surface area (Å²) >= 11 is 9.34. The quantitative estimate of drug-likeness (QED) is 0.781. The molecule has 0 atom stereocenters. The molecular weight excluding hydrogens is 275 g/mol. The smallest absolute Gasteiger partial charge is 0.144 e. The molecule has 1 heterocycles. The monoisotopic (exact) mass is 290 g/mol. The highest BCUT2D eigenvalue weighted by Crippen LogP contribution is 2.22. The highest BCUT2D eigenvalue weighted by Gasteiger charge is 2.00. The van der Waals surface area contributed by atoms with Gasteiger partial charge in [0.15, 0.2) is 0 Å². The Kier molecular flexibility index (Phi) is 6.03. The standard InChI is InChI=1S/C11H16BrClN2/c1-2-3-4-5-6-14-11-10(13)7-9(12)8-15-11/h7-8H,2-6H2,1H3,(H,14,15). The van der Waals surface area contributed by atoms with Gasteiger partial charge in [0.2, 0.25) is 0 Å². The third kappa shape index (κ3) is 4.85. The molecule has 1 rings (SSSR count). The summed E-state index contributed by atoms with van der Waals surface area (Å²) in [5.74, 6) is 0.774. The fourth-order valence-corrected chi connectivity index (χ4v) is 2.00. The minimum absolute atomic E-state index is 0.667. The van der Waals surface area contributed by atoms with E-state index in [0.717, 1.165) is 16.8 Å². The Morgan fingerprint density at radius 3 is 2.87 bits per heavy atom. The Hall–Kier alpha value is -0.280. The van der Waals surface area contributed by atoms with E-state index in [1.807, 2.05) is 6.07 Å². The van der Waals surface area contributed by atoms with Crippen molar-refractivity contribution in [2.75, 3.05) is 11.9 Å². The van der Waals surface area contributed by atoms with Gasteiger partial charge in [-0.05, 0) is 28.4 Å². The normalized spacial score (nSPS) is 10.3. The van der Waals surface area contributed by atoms with Gasteiger partial charge in [-0.15, -0.1) is 0 Å². The summed E-state index contributed by atoms with van der Waals surface area (Å²) in [7, 11) is 0. The molecular formula is C11H16BrClN2. The fourth-order valence-electron chi connectivity index (χ4n) is 1.30. The van der Waals surface area contributed by atoms with Crippen LogP contribution >= 0.6 is 27.5 Å². The fraction of sp³-hybridized carbons (Fsp3) is 0.545. The molecule has 0 aliphatic heterocycles. The molecule has 0 amide bonds. The van der Waals surface area contributed by atoms with E-state index in [9.17, 15) is 0 Å². The van der Waals surface area contributed by atoms with E-state index >= 15 is 0 Å². The predicted molar refractivity (Wildman–Crippen MR) is 69.6 cm³/mol. The van der Waals surface area contributed by atoms with Crippen LogP contribution in [0.1, 0.15) is 32.6 Å². The van der Waals surface area contributed by atoms with Crippen LogP contribution in [0.2, 0.25) is 5.02 Å². The number of halogens is 2. The number of hydrogen-bond acceptors (Lipinski definition) is 2. The highest BCUT2D eigenvalue weighted by atomic mass is 79.9. The van der Waals surface area contributed by atoms with Crippen molar-refractivity contribution in [2.45, 2.75) is 32.6 Å². The van der Waals surface area contributed by atoms with Gasteiger partial charge < -0.3 is 5.32 Å². The van der Waals surface area contributed by atoms with Crippen LogP contribution in [0.25, 0.3) is 0 Å². The maximum Gasteiger partial charge on any atom is 0.144 e. The second-order valence-corrected chi connectivity index (χ2v) is 4.79. The van der Waals surface area contributed by atoms with Crippen molar-refractivity contribution in [3.63, 3.8) is 0 Å². The third-order valence-electron chi connectivity index (χ3n) is 2.13. The minimum Gasteiger partial charge on any atom is -0.369 e. The van der Waals surface area contributed by atoms with Crippen LogP contribution in [0.5, 0.6) is 0 Å². The number of anilines is 1. The zero-order valence-electron chi connectivity index (χ0n) is 8.89. The molecule has 0 aromatic carbocycles. The third-order valence-corrected chi connectivity index (χ3v) is 2.85. The lowest BCUT2D eigenvalue weighted by Gasteiger charge is -2.06. The van der Waals surface area contributed by atoms with Gasteiger partial charge in [0.05, 0.1) is 5.02 Å². The number of hydrogen-bond donors (Lipinski definition) is 1. The van der Waals surface area contributed by atoms with Crippen LogP contribution in [0.3, 0.4) is 0 Å². The van der Waals surface area contributed by atoms with E-state index in [-0.39, 0.29) is 0 Å². The first-order valence-electron chi connectivity index (χ1n) is 5.29.